The second-order valence-electron chi connectivity index (χ2n) is 10.8. The van der Waals surface area contributed by atoms with Gasteiger partial charge < -0.3 is 25.0 Å². The van der Waals surface area contributed by atoms with E-state index >= 15 is 0 Å². The molecule has 0 atom stereocenters. The number of aromatic nitrogens is 2. The number of rotatable bonds is 9. The Hall–Kier alpha value is -3.43. The molecule has 0 unspecified atom stereocenters. The van der Waals surface area contributed by atoms with E-state index in [1.165, 1.54) is 0 Å². The normalized spacial score (nSPS) is 17.4. The number of nitrogens with one attached hydrogen (secondary N) is 2. The van der Waals surface area contributed by atoms with Crippen molar-refractivity contribution in [3.63, 3.8) is 0 Å². The van der Waals surface area contributed by atoms with Crippen LogP contribution in [0.3, 0.4) is 0 Å². The van der Waals surface area contributed by atoms with Crippen LogP contribution >= 0.6 is 0 Å². The van der Waals surface area contributed by atoms with Gasteiger partial charge in [-0.3, -0.25) is 14.7 Å². The van der Waals surface area contributed by atoms with Gasteiger partial charge in [0.2, 0.25) is 0 Å². The molecule has 2 saturated heterocycles. The Kier molecular flexibility index (Phi) is 9.11. The first kappa shape index (κ1) is 27.1. The van der Waals surface area contributed by atoms with Crippen LogP contribution in [0.15, 0.2) is 55.0 Å². The molecule has 0 spiro atoms. The summed E-state index contributed by atoms with van der Waals surface area (Å²) in [5.74, 6) is 0.147. The fourth-order valence-electron chi connectivity index (χ4n) is 5.75. The van der Waals surface area contributed by atoms with Crippen molar-refractivity contribution in [2.45, 2.75) is 44.8 Å². The van der Waals surface area contributed by atoms with Crippen LogP contribution in [0.5, 0.6) is 0 Å². The molecule has 3 aromatic rings. The van der Waals surface area contributed by atoms with Crippen LogP contribution < -0.4 is 10.6 Å². The summed E-state index contributed by atoms with van der Waals surface area (Å²) in [6, 6.07) is 12.4. The molecule has 2 aliphatic heterocycles. The standard InChI is InChI=1S/C30H41N7O2/c1-34-17-19-35(20-18-34)25-10-15-36(16-11-25)29(38)27-23-37(28-9-3-2-8-26(27)28)14-5-4-13-32-30(39)33-22-24-7-6-12-31-21-24/h2-3,6-9,12,21,23,25H,4-5,10-11,13-20,22H2,1H3,(H2,32,33,39). The number of carbonyl (C=O) groups excluding carboxylic acids is 2. The molecule has 1 aromatic carbocycles. The Bertz CT molecular complexity index is 1230. The molecule has 3 amide bonds. The minimum atomic E-state index is -0.172. The summed E-state index contributed by atoms with van der Waals surface area (Å²) < 4.78 is 2.20. The van der Waals surface area contributed by atoms with E-state index in [4.69, 9.17) is 0 Å². The number of hydrogen-bond donors (Lipinski definition) is 2. The maximum absolute atomic E-state index is 13.6. The minimum Gasteiger partial charge on any atom is -0.347 e. The Labute approximate surface area is 231 Å². The van der Waals surface area contributed by atoms with E-state index in [1.54, 1.807) is 12.4 Å². The molecule has 2 aromatic heterocycles. The lowest BCUT2D eigenvalue weighted by molar-refractivity contribution is 0.0520. The van der Waals surface area contributed by atoms with E-state index in [1.807, 2.05) is 35.4 Å². The fourth-order valence-corrected chi connectivity index (χ4v) is 5.75. The maximum atomic E-state index is 13.6. The molecule has 9 nitrogen and oxygen atoms in total. The van der Waals surface area contributed by atoms with E-state index in [9.17, 15) is 9.59 Å². The van der Waals surface area contributed by atoms with Crippen LogP contribution in [-0.4, -0.2) is 95.1 Å². The van der Waals surface area contributed by atoms with Gasteiger partial charge in [0.25, 0.3) is 5.91 Å². The molecule has 208 valence electrons. The predicted octanol–water partition coefficient (Wildman–Crippen LogP) is 3.17. The summed E-state index contributed by atoms with van der Waals surface area (Å²) in [5.41, 5.74) is 2.86. The fraction of sp³-hybridized carbons (Fsp3) is 0.500. The van der Waals surface area contributed by atoms with Crippen LogP contribution in [0.1, 0.15) is 41.6 Å². The van der Waals surface area contributed by atoms with E-state index in [0.717, 1.165) is 93.5 Å². The molecule has 0 saturated carbocycles. The van der Waals surface area contributed by atoms with Gasteiger partial charge in [-0.25, -0.2) is 4.79 Å². The van der Waals surface area contributed by atoms with Gasteiger partial charge in [0.05, 0.1) is 5.56 Å². The first-order valence-corrected chi connectivity index (χ1v) is 14.3. The summed E-state index contributed by atoms with van der Waals surface area (Å²) in [7, 11) is 2.19. The smallest absolute Gasteiger partial charge is 0.315 e. The van der Waals surface area contributed by atoms with Gasteiger partial charge in [-0.1, -0.05) is 24.3 Å². The first-order valence-electron chi connectivity index (χ1n) is 14.3. The van der Waals surface area contributed by atoms with Gasteiger partial charge in [0, 0.05) is 94.4 Å². The van der Waals surface area contributed by atoms with Crippen LogP contribution in [0.2, 0.25) is 0 Å². The van der Waals surface area contributed by atoms with Crippen LogP contribution in [-0.2, 0) is 13.1 Å². The Balaban J connectivity index is 1.10. The predicted molar refractivity (Wildman–Crippen MR) is 154 cm³/mol. The third-order valence-electron chi connectivity index (χ3n) is 8.11. The summed E-state index contributed by atoms with van der Waals surface area (Å²) >= 11 is 0. The quantitative estimate of drug-likeness (QED) is 0.415. The molecule has 4 heterocycles. The summed E-state index contributed by atoms with van der Waals surface area (Å²) in [6.45, 7) is 8.04. The minimum absolute atomic E-state index is 0.147. The number of urea groups is 1. The molecule has 2 N–H and O–H groups in total. The average Bonchev–Trinajstić information content (AvgIpc) is 3.35. The highest BCUT2D eigenvalue weighted by molar-refractivity contribution is 6.07. The zero-order chi connectivity index (χ0) is 27.0. The molecule has 5 rings (SSSR count). The average molecular weight is 532 g/mol. The number of fused-ring (bicyclic) bond motifs is 1. The van der Waals surface area contributed by atoms with Crippen molar-refractivity contribution in [3.05, 3.63) is 66.1 Å². The monoisotopic (exact) mass is 531 g/mol. The van der Waals surface area contributed by atoms with Gasteiger partial charge >= 0.3 is 6.03 Å². The SMILES string of the molecule is CN1CCN(C2CCN(C(=O)c3cn(CCCCNC(=O)NCc4cccnc4)c4ccccc34)CC2)CC1. The van der Waals surface area contributed by atoms with Crippen molar-refractivity contribution in [2.24, 2.45) is 0 Å². The zero-order valence-corrected chi connectivity index (χ0v) is 23.0. The molecule has 2 aliphatic rings. The van der Waals surface area contributed by atoms with Gasteiger partial charge in [-0.15, -0.1) is 0 Å². The molecule has 0 bridgehead atoms. The van der Waals surface area contributed by atoms with Crippen LogP contribution in [0.4, 0.5) is 4.79 Å². The van der Waals surface area contributed by atoms with Gasteiger partial charge in [0.15, 0.2) is 0 Å². The molecule has 0 radical (unpaired) electrons. The van der Waals surface area contributed by atoms with Gasteiger partial charge in [-0.2, -0.15) is 0 Å². The van der Waals surface area contributed by atoms with E-state index < -0.39 is 0 Å². The summed E-state index contributed by atoms with van der Waals surface area (Å²) in [4.78, 5) is 36.8. The number of benzene rings is 1. The third kappa shape index (κ3) is 6.96. The highest BCUT2D eigenvalue weighted by Gasteiger charge is 2.30. The first-order chi connectivity index (χ1) is 19.1. The lowest BCUT2D eigenvalue weighted by Crippen LogP contribution is -2.52. The topological polar surface area (TPSA) is 85.7 Å². The highest BCUT2D eigenvalue weighted by atomic mass is 16.2. The third-order valence-corrected chi connectivity index (χ3v) is 8.11. The molecule has 39 heavy (non-hydrogen) atoms. The Morgan fingerprint density at radius 1 is 0.949 bits per heavy atom. The van der Waals surface area contributed by atoms with Crippen LogP contribution in [0, 0.1) is 0 Å². The number of nitrogens with zero attached hydrogens (tertiary/aromatic N) is 5. The maximum Gasteiger partial charge on any atom is 0.315 e. The largest absolute Gasteiger partial charge is 0.347 e. The van der Waals surface area contributed by atoms with E-state index in [-0.39, 0.29) is 11.9 Å². The van der Waals surface area contributed by atoms with Crippen molar-refractivity contribution in [3.8, 4) is 0 Å². The van der Waals surface area contributed by atoms with E-state index in [0.29, 0.717) is 19.1 Å². The number of likely N-dealkylation sites (tertiary alicyclic amines) is 1. The van der Waals surface area contributed by atoms with Crippen molar-refractivity contribution in [1.82, 2.24) is 34.9 Å². The Morgan fingerprint density at radius 2 is 1.74 bits per heavy atom. The number of likely N-dealkylation sites (N-methyl/N-ethyl adjacent to an activating group) is 1. The lowest BCUT2D eigenvalue weighted by Gasteiger charge is -2.42. The lowest BCUT2D eigenvalue weighted by atomic mass is 10.0. The van der Waals surface area contributed by atoms with Crippen molar-refractivity contribution in [2.75, 3.05) is 52.9 Å². The van der Waals surface area contributed by atoms with Crippen molar-refractivity contribution < 1.29 is 9.59 Å². The zero-order valence-electron chi connectivity index (χ0n) is 23.0. The van der Waals surface area contributed by atoms with Crippen molar-refractivity contribution >= 4 is 22.8 Å². The number of pyridine rings is 1. The molecule has 9 heteroatoms. The second-order valence-corrected chi connectivity index (χ2v) is 10.8. The van der Waals surface area contributed by atoms with Gasteiger partial charge in [0.1, 0.15) is 0 Å². The van der Waals surface area contributed by atoms with Crippen molar-refractivity contribution in [1.29, 1.82) is 0 Å². The number of piperazine rings is 1. The number of piperidine rings is 1. The molecule has 2 fully saturated rings. The van der Waals surface area contributed by atoms with Gasteiger partial charge in [-0.05, 0) is 50.4 Å². The molecular formula is C30H41N7O2. The summed E-state index contributed by atoms with van der Waals surface area (Å²) in [5, 5.41) is 6.81. The number of carbonyl (C=O) groups is 2. The second kappa shape index (κ2) is 13.1. The Morgan fingerprint density at radius 3 is 2.51 bits per heavy atom. The number of hydrogen-bond acceptors (Lipinski definition) is 5. The number of aryl methyl sites for hydroxylation is 1. The van der Waals surface area contributed by atoms with Crippen LogP contribution in [0.25, 0.3) is 10.9 Å². The highest BCUT2D eigenvalue weighted by Crippen LogP contribution is 2.26. The number of para-hydroxylation sites is 1. The number of unbranched alkanes of at least 4 members (excludes halogenated alkanes) is 1. The molecule has 0 aliphatic carbocycles. The number of amides is 3. The van der Waals surface area contributed by atoms with E-state index in [2.05, 4.69) is 49.2 Å². The summed E-state index contributed by atoms with van der Waals surface area (Å²) in [6.07, 6.45) is 9.37. The molecular weight excluding hydrogens is 490 g/mol.